The van der Waals surface area contributed by atoms with Crippen molar-refractivity contribution in [3.8, 4) is 0 Å². The minimum atomic E-state index is -0.891. The number of carbonyl (C=O) groups excluding carboxylic acids is 2. The van der Waals surface area contributed by atoms with E-state index in [2.05, 4.69) is 10.3 Å². The number of amides is 2. The Balaban J connectivity index is 1.53. The van der Waals surface area contributed by atoms with Gasteiger partial charge in [0.2, 0.25) is 0 Å². The highest BCUT2D eigenvalue weighted by Gasteiger charge is 2.23. The summed E-state index contributed by atoms with van der Waals surface area (Å²) in [6.07, 6.45) is 2.09. The van der Waals surface area contributed by atoms with Crippen LogP contribution < -0.4 is 5.32 Å². The van der Waals surface area contributed by atoms with Crippen LogP contribution in [0.25, 0.3) is 0 Å². The summed E-state index contributed by atoms with van der Waals surface area (Å²) in [5, 5.41) is 2.18. The maximum absolute atomic E-state index is 13.8. The van der Waals surface area contributed by atoms with Gasteiger partial charge in [0.05, 0.1) is 0 Å². The average Bonchev–Trinajstić information content (AvgIpc) is 2.75. The molecular weight excluding hydrogens is 376 g/mol. The number of nitrogens with zero attached hydrogens (tertiary/aromatic N) is 2. The van der Waals surface area contributed by atoms with E-state index in [4.69, 9.17) is 0 Å². The van der Waals surface area contributed by atoms with E-state index in [1.807, 2.05) is 24.3 Å². The van der Waals surface area contributed by atoms with Gasteiger partial charge in [0, 0.05) is 24.8 Å². The molecule has 2 heterocycles. The minimum Gasteiger partial charge on any atom is -0.334 e. The van der Waals surface area contributed by atoms with Crippen molar-refractivity contribution in [1.29, 1.82) is 0 Å². The van der Waals surface area contributed by atoms with Crippen LogP contribution in [0.2, 0.25) is 0 Å². The number of aromatic nitrogens is 1. The summed E-state index contributed by atoms with van der Waals surface area (Å²) >= 11 is 0. The van der Waals surface area contributed by atoms with Crippen molar-refractivity contribution in [3.05, 3.63) is 94.8 Å². The fourth-order valence-corrected chi connectivity index (χ4v) is 3.33. The van der Waals surface area contributed by atoms with Crippen LogP contribution in [0.3, 0.4) is 0 Å². The summed E-state index contributed by atoms with van der Waals surface area (Å²) in [6, 6.07) is 14.1. The summed E-state index contributed by atoms with van der Waals surface area (Å²) in [4.78, 5) is 30.9. The number of hydrogen-bond donors (Lipinski definition) is 1. The van der Waals surface area contributed by atoms with Gasteiger partial charge in [-0.3, -0.25) is 14.6 Å². The molecule has 29 heavy (non-hydrogen) atoms. The van der Waals surface area contributed by atoms with Gasteiger partial charge in [-0.1, -0.05) is 30.3 Å². The lowest BCUT2D eigenvalue weighted by atomic mass is 9.99. The molecule has 0 bridgehead atoms. The summed E-state index contributed by atoms with van der Waals surface area (Å²) in [5.41, 5.74) is 1.95. The van der Waals surface area contributed by atoms with Gasteiger partial charge in [0.1, 0.15) is 23.0 Å². The molecule has 4 rings (SSSR count). The van der Waals surface area contributed by atoms with Gasteiger partial charge in [-0.15, -0.1) is 0 Å². The normalized spacial score (nSPS) is 13.0. The highest BCUT2D eigenvalue weighted by molar-refractivity contribution is 6.04. The number of hydrogen-bond acceptors (Lipinski definition) is 3. The Hall–Kier alpha value is -3.61. The van der Waals surface area contributed by atoms with E-state index in [0.29, 0.717) is 18.7 Å². The summed E-state index contributed by atoms with van der Waals surface area (Å²) in [7, 11) is 0. The number of benzene rings is 2. The molecule has 1 aliphatic heterocycles. The van der Waals surface area contributed by atoms with Crippen LogP contribution in [-0.4, -0.2) is 28.2 Å². The van der Waals surface area contributed by atoms with E-state index < -0.39 is 23.2 Å². The molecule has 1 N–H and O–H groups in total. The fraction of sp³-hybridized carbons (Fsp3) is 0.136. The minimum absolute atomic E-state index is 0.101. The van der Waals surface area contributed by atoms with E-state index in [1.165, 1.54) is 30.0 Å². The van der Waals surface area contributed by atoms with Crippen molar-refractivity contribution in [2.24, 2.45) is 0 Å². The van der Waals surface area contributed by atoms with E-state index >= 15 is 0 Å². The Morgan fingerprint density at radius 1 is 0.966 bits per heavy atom. The maximum Gasteiger partial charge on any atom is 0.274 e. The molecule has 3 aromatic rings. The Labute approximate surface area is 166 Å². The molecule has 7 heteroatoms. The standard InChI is InChI=1S/C22H17F2N3O2/c23-17-6-3-7-18(24)20(17)26-21(28)19-12-15(8-10-25-19)22(29)27-11-9-14-4-1-2-5-16(14)13-27/h1-8,10,12H,9,11,13H2,(H,26,28). The van der Waals surface area contributed by atoms with Crippen LogP contribution in [0.5, 0.6) is 0 Å². The Morgan fingerprint density at radius 2 is 1.69 bits per heavy atom. The van der Waals surface area contributed by atoms with Crippen molar-refractivity contribution in [2.45, 2.75) is 13.0 Å². The number of rotatable bonds is 3. The molecule has 0 radical (unpaired) electrons. The van der Waals surface area contributed by atoms with Crippen LogP contribution >= 0.6 is 0 Å². The number of anilines is 1. The number of halogens is 2. The van der Waals surface area contributed by atoms with E-state index in [9.17, 15) is 18.4 Å². The number of para-hydroxylation sites is 1. The highest BCUT2D eigenvalue weighted by atomic mass is 19.1. The SMILES string of the molecule is O=C(Nc1c(F)cccc1F)c1cc(C(=O)N2CCc3ccccc3C2)ccn1. The first kappa shape index (κ1) is 18.7. The van der Waals surface area contributed by atoms with Gasteiger partial charge < -0.3 is 10.2 Å². The first-order valence-corrected chi connectivity index (χ1v) is 9.10. The lowest BCUT2D eigenvalue weighted by molar-refractivity contribution is 0.0734. The fourth-order valence-electron chi connectivity index (χ4n) is 3.33. The largest absolute Gasteiger partial charge is 0.334 e. The number of pyridine rings is 1. The predicted octanol–water partition coefficient (Wildman–Crippen LogP) is 3.81. The van der Waals surface area contributed by atoms with Crippen molar-refractivity contribution in [2.75, 3.05) is 11.9 Å². The van der Waals surface area contributed by atoms with Gasteiger partial charge in [-0.05, 0) is 41.8 Å². The number of carbonyl (C=O) groups is 2. The third-order valence-corrected chi connectivity index (χ3v) is 4.86. The Kier molecular flexibility index (Phi) is 5.03. The van der Waals surface area contributed by atoms with Crippen molar-refractivity contribution < 1.29 is 18.4 Å². The van der Waals surface area contributed by atoms with E-state index in [-0.39, 0.29) is 11.6 Å². The van der Waals surface area contributed by atoms with E-state index in [0.717, 1.165) is 24.1 Å². The molecule has 0 aliphatic carbocycles. The second-order valence-electron chi connectivity index (χ2n) is 6.73. The molecule has 5 nitrogen and oxygen atoms in total. The molecule has 146 valence electrons. The molecule has 0 spiro atoms. The molecule has 1 aromatic heterocycles. The van der Waals surface area contributed by atoms with Crippen LogP contribution in [0.4, 0.5) is 14.5 Å². The monoisotopic (exact) mass is 393 g/mol. The third kappa shape index (κ3) is 3.85. The predicted molar refractivity (Wildman–Crippen MR) is 103 cm³/mol. The van der Waals surface area contributed by atoms with Crippen molar-refractivity contribution in [1.82, 2.24) is 9.88 Å². The van der Waals surface area contributed by atoms with Gasteiger partial charge in [-0.25, -0.2) is 8.78 Å². The molecule has 0 saturated carbocycles. The Bertz CT molecular complexity index is 1080. The number of nitrogens with one attached hydrogen (secondary N) is 1. The second kappa shape index (κ2) is 7.79. The zero-order valence-electron chi connectivity index (χ0n) is 15.4. The molecule has 2 aromatic carbocycles. The average molecular weight is 393 g/mol. The molecule has 0 saturated heterocycles. The van der Waals surface area contributed by atoms with Crippen LogP contribution in [0.1, 0.15) is 32.0 Å². The van der Waals surface area contributed by atoms with Crippen LogP contribution in [-0.2, 0) is 13.0 Å². The highest BCUT2D eigenvalue weighted by Crippen LogP contribution is 2.21. The molecule has 0 unspecified atom stereocenters. The zero-order chi connectivity index (χ0) is 20.4. The summed E-state index contributed by atoms with van der Waals surface area (Å²) in [6.45, 7) is 1.05. The molecule has 0 fully saturated rings. The van der Waals surface area contributed by atoms with Gasteiger partial charge in [0.25, 0.3) is 11.8 Å². The number of fused-ring (bicyclic) bond motifs is 1. The van der Waals surface area contributed by atoms with E-state index in [1.54, 1.807) is 4.90 Å². The van der Waals surface area contributed by atoms with Crippen molar-refractivity contribution >= 4 is 17.5 Å². The van der Waals surface area contributed by atoms with Crippen LogP contribution in [0.15, 0.2) is 60.8 Å². The van der Waals surface area contributed by atoms with Crippen molar-refractivity contribution in [3.63, 3.8) is 0 Å². The van der Waals surface area contributed by atoms with Gasteiger partial charge in [0.15, 0.2) is 0 Å². The maximum atomic E-state index is 13.8. The van der Waals surface area contributed by atoms with Gasteiger partial charge in [-0.2, -0.15) is 0 Å². The molecule has 1 aliphatic rings. The first-order chi connectivity index (χ1) is 14.0. The lowest BCUT2D eigenvalue weighted by Crippen LogP contribution is -2.36. The van der Waals surface area contributed by atoms with Gasteiger partial charge >= 0.3 is 0 Å². The third-order valence-electron chi connectivity index (χ3n) is 4.86. The quantitative estimate of drug-likeness (QED) is 0.736. The van der Waals surface area contributed by atoms with Crippen LogP contribution in [0, 0.1) is 11.6 Å². The first-order valence-electron chi connectivity index (χ1n) is 9.10. The summed E-state index contributed by atoms with van der Waals surface area (Å²) in [5.74, 6) is -2.81. The lowest BCUT2D eigenvalue weighted by Gasteiger charge is -2.29. The topological polar surface area (TPSA) is 62.3 Å². The molecular formula is C22H17F2N3O2. The molecule has 2 amide bonds. The second-order valence-corrected chi connectivity index (χ2v) is 6.73. The zero-order valence-corrected chi connectivity index (χ0v) is 15.4. The molecule has 0 atom stereocenters. The Morgan fingerprint density at radius 3 is 2.45 bits per heavy atom. The smallest absolute Gasteiger partial charge is 0.274 e. The summed E-state index contributed by atoms with van der Waals surface area (Å²) < 4.78 is 27.5.